The molecule has 1 aliphatic heterocycles. The Labute approximate surface area is 195 Å². The molecule has 0 spiro atoms. The Kier molecular flexibility index (Phi) is 8.80. The molecule has 1 fully saturated rings. The van der Waals surface area contributed by atoms with Crippen LogP contribution in [0.1, 0.15) is 24.0 Å². The average molecular weight is 456 g/mol. The zero-order chi connectivity index (χ0) is 23.6. The third-order valence-corrected chi connectivity index (χ3v) is 5.64. The maximum absolute atomic E-state index is 12.5. The van der Waals surface area contributed by atoms with Gasteiger partial charge in [-0.15, -0.1) is 0 Å². The molecule has 2 aromatic carbocycles. The first-order valence-corrected chi connectivity index (χ1v) is 11.1. The molecular formula is C25H33N3O5. The van der Waals surface area contributed by atoms with Crippen molar-refractivity contribution in [1.82, 2.24) is 10.6 Å². The molecule has 0 bridgehead atoms. The number of benzene rings is 2. The van der Waals surface area contributed by atoms with Gasteiger partial charge < -0.3 is 29.6 Å². The zero-order valence-corrected chi connectivity index (χ0v) is 19.8. The van der Waals surface area contributed by atoms with Crippen LogP contribution < -0.4 is 29.6 Å². The lowest BCUT2D eigenvalue weighted by atomic mass is 10.1. The van der Waals surface area contributed by atoms with E-state index in [1.807, 2.05) is 36.4 Å². The number of aliphatic imine (C=N–C) groups is 1. The highest BCUT2D eigenvalue weighted by Crippen LogP contribution is 2.28. The van der Waals surface area contributed by atoms with E-state index in [2.05, 4.69) is 15.6 Å². The molecule has 3 rings (SSSR count). The maximum atomic E-state index is 12.5. The van der Waals surface area contributed by atoms with Crippen molar-refractivity contribution in [2.75, 3.05) is 41.5 Å². The standard InChI is InChI=1S/C25H33N3O5/c1-30-20-8-5-17(15-22(20)32-3)11-13-26-24-10-7-19(28-24)25(29)27-14-12-18-6-9-21(31-2)23(16-18)33-4/h5-6,8-9,15-16,19H,7,10-14H2,1-4H3,(H,26,28)(H,27,29)/t19-/m0/s1. The van der Waals surface area contributed by atoms with Gasteiger partial charge in [0.05, 0.1) is 34.3 Å². The summed E-state index contributed by atoms with van der Waals surface area (Å²) in [6.45, 7) is 1.20. The van der Waals surface area contributed by atoms with E-state index in [4.69, 9.17) is 18.9 Å². The molecule has 0 saturated carbocycles. The summed E-state index contributed by atoms with van der Waals surface area (Å²) in [5, 5.41) is 6.27. The quantitative estimate of drug-likeness (QED) is 0.542. The van der Waals surface area contributed by atoms with E-state index in [0.717, 1.165) is 36.2 Å². The third-order valence-electron chi connectivity index (χ3n) is 5.64. The Morgan fingerprint density at radius 1 is 0.909 bits per heavy atom. The van der Waals surface area contributed by atoms with Crippen molar-refractivity contribution < 1.29 is 23.7 Å². The van der Waals surface area contributed by atoms with Crippen molar-refractivity contribution in [1.29, 1.82) is 0 Å². The van der Waals surface area contributed by atoms with Crippen molar-refractivity contribution in [2.45, 2.75) is 31.7 Å². The minimum atomic E-state index is -0.241. The molecule has 1 heterocycles. The molecular weight excluding hydrogens is 422 g/mol. The molecule has 8 heteroatoms. The number of carbonyl (C=O) groups excluding carboxylic acids is 1. The van der Waals surface area contributed by atoms with Gasteiger partial charge in [0.1, 0.15) is 6.04 Å². The van der Waals surface area contributed by atoms with E-state index in [1.165, 1.54) is 0 Å². The highest BCUT2D eigenvalue weighted by molar-refractivity contribution is 5.93. The van der Waals surface area contributed by atoms with Gasteiger partial charge in [-0.2, -0.15) is 0 Å². The second-order valence-electron chi connectivity index (χ2n) is 7.73. The molecule has 0 aromatic heterocycles. The summed E-state index contributed by atoms with van der Waals surface area (Å²) in [5.74, 6) is 3.69. The van der Waals surface area contributed by atoms with Crippen LogP contribution in [0, 0.1) is 0 Å². The van der Waals surface area contributed by atoms with Crippen LogP contribution in [0.4, 0.5) is 0 Å². The van der Waals surface area contributed by atoms with Crippen LogP contribution in [0.25, 0.3) is 0 Å². The first kappa shape index (κ1) is 24.2. The fraction of sp³-hybridized carbons (Fsp3) is 0.440. The molecule has 2 aromatic rings. The van der Waals surface area contributed by atoms with Gasteiger partial charge in [0.2, 0.25) is 5.91 Å². The molecule has 0 aliphatic carbocycles. The number of nitrogens with one attached hydrogen (secondary N) is 2. The smallest absolute Gasteiger partial charge is 0.242 e. The molecule has 8 nitrogen and oxygen atoms in total. The molecule has 0 unspecified atom stereocenters. The summed E-state index contributed by atoms with van der Waals surface area (Å²) in [4.78, 5) is 17.2. The lowest BCUT2D eigenvalue weighted by molar-refractivity contribution is -0.122. The van der Waals surface area contributed by atoms with Crippen LogP contribution in [-0.4, -0.2) is 59.3 Å². The van der Waals surface area contributed by atoms with Crippen LogP contribution in [0.15, 0.2) is 41.4 Å². The summed E-state index contributed by atoms with van der Waals surface area (Å²) in [7, 11) is 6.48. The van der Waals surface area contributed by atoms with Crippen molar-refractivity contribution in [3.8, 4) is 23.0 Å². The molecule has 1 amide bonds. The van der Waals surface area contributed by atoms with Gasteiger partial charge in [0.15, 0.2) is 23.0 Å². The number of amides is 1. The molecule has 0 radical (unpaired) electrons. The SMILES string of the molecule is COc1ccc(CCN=C2CC[C@@H](C(=O)NCCc3ccc(OC)c(OC)c3)N2)cc1OC. The Hall–Kier alpha value is -3.42. The summed E-state index contributed by atoms with van der Waals surface area (Å²) in [6.07, 6.45) is 3.02. The van der Waals surface area contributed by atoms with Crippen molar-refractivity contribution in [2.24, 2.45) is 4.99 Å². The van der Waals surface area contributed by atoms with Crippen molar-refractivity contribution >= 4 is 11.7 Å². The fourth-order valence-corrected chi connectivity index (χ4v) is 3.79. The van der Waals surface area contributed by atoms with Gasteiger partial charge >= 0.3 is 0 Å². The number of carbonyl (C=O) groups is 1. The Bertz CT molecular complexity index is 977. The number of amidine groups is 1. The van der Waals surface area contributed by atoms with Crippen LogP contribution >= 0.6 is 0 Å². The van der Waals surface area contributed by atoms with E-state index < -0.39 is 0 Å². The lowest BCUT2D eigenvalue weighted by Crippen LogP contribution is -2.42. The van der Waals surface area contributed by atoms with E-state index in [-0.39, 0.29) is 11.9 Å². The number of ether oxygens (including phenoxy) is 4. The summed E-state index contributed by atoms with van der Waals surface area (Å²) in [5.41, 5.74) is 2.20. The molecule has 1 aliphatic rings. The van der Waals surface area contributed by atoms with Gasteiger partial charge in [-0.05, 0) is 54.7 Å². The normalized spacial score (nSPS) is 16.2. The van der Waals surface area contributed by atoms with Gasteiger partial charge in [-0.1, -0.05) is 12.1 Å². The Balaban J connectivity index is 1.42. The molecule has 33 heavy (non-hydrogen) atoms. The number of hydrogen-bond donors (Lipinski definition) is 2. The van der Waals surface area contributed by atoms with E-state index in [1.54, 1.807) is 28.4 Å². The minimum Gasteiger partial charge on any atom is -0.493 e. The van der Waals surface area contributed by atoms with Crippen LogP contribution in [-0.2, 0) is 17.6 Å². The van der Waals surface area contributed by atoms with Gasteiger partial charge in [0.25, 0.3) is 0 Å². The Morgan fingerprint density at radius 2 is 1.48 bits per heavy atom. The Morgan fingerprint density at radius 3 is 2.06 bits per heavy atom. The number of methoxy groups -OCH3 is 4. The second-order valence-corrected chi connectivity index (χ2v) is 7.73. The van der Waals surface area contributed by atoms with E-state index in [0.29, 0.717) is 42.5 Å². The monoisotopic (exact) mass is 455 g/mol. The summed E-state index contributed by atoms with van der Waals surface area (Å²) < 4.78 is 21.2. The third kappa shape index (κ3) is 6.54. The fourth-order valence-electron chi connectivity index (χ4n) is 3.79. The van der Waals surface area contributed by atoms with Crippen molar-refractivity contribution in [3.05, 3.63) is 47.5 Å². The molecule has 178 valence electrons. The topological polar surface area (TPSA) is 90.4 Å². The first-order valence-electron chi connectivity index (χ1n) is 11.1. The predicted octanol–water partition coefficient (Wildman–Crippen LogP) is 2.77. The van der Waals surface area contributed by atoms with Crippen molar-refractivity contribution in [3.63, 3.8) is 0 Å². The first-order chi connectivity index (χ1) is 16.1. The van der Waals surface area contributed by atoms with Crippen LogP contribution in [0.3, 0.4) is 0 Å². The molecule has 1 saturated heterocycles. The maximum Gasteiger partial charge on any atom is 0.242 e. The largest absolute Gasteiger partial charge is 0.493 e. The van der Waals surface area contributed by atoms with Gasteiger partial charge in [-0.25, -0.2) is 0 Å². The average Bonchev–Trinajstić information content (AvgIpc) is 3.32. The summed E-state index contributed by atoms with van der Waals surface area (Å²) in [6, 6.07) is 11.4. The van der Waals surface area contributed by atoms with Crippen LogP contribution in [0.2, 0.25) is 0 Å². The van der Waals surface area contributed by atoms with Gasteiger partial charge in [-0.3, -0.25) is 9.79 Å². The number of rotatable bonds is 11. The minimum absolute atomic E-state index is 0.000525. The van der Waals surface area contributed by atoms with E-state index in [9.17, 15) is 4.79 Å². The van der Waals surface area contributed by atoms with Gasteiger partial charge in [0, 0.05) is 19.5 Å². The molecule has 1 atom stereocenters. The predicted molar refractivity (Wildman–Crippen MR) is 128 cm³/mol. The number of nitrogens with zero attached hydrogens (tertiary/aromatic N) is 1. The highest BCUT2D eigenvalue weighted by atomic mass is 16.5. The lowest BCUT2D eigenvalue weighted by Gasteiger charge is -2.13. The number of hydrogen-bond acceptors (Lipinski definition) is 6. The summed E-state index contributed by atoms with van der Waals surface area (Å²) >= 11 is 0. The zero-order valence-electron chi connectivity index (χ0n) is 19.8. The highest BCUT2D eigenvalue weighted by Gasteiger charge is 2.25. The van der Waals surface area contributed by atoms with Crippen LogP contribution in [0.5, 0.6) is 23.0 Å². The second kappa shape index (κ2) is 12.0. The van der Waals surface area contributed by atoms with E-state index >= 15 is 0 Å². The molecule has 2 N–H and O–H groups in total.